The summed E-state index contributed by atoms with van der Waals surface area (Å²) in [6.07, 6.45) is 3.38. The quantitative estimate of drug-likeness (QED) is 0.617. The standard InChI is InChI=1S/C13H15NO3.Al.ClH/c15-10-8-14(9-11-16)13(17)7-6-12-4-2-1-3-5-12;;/h1-7H,8-11H2;;1H/q-2;+3;/p-1/b7-6+;;. The minimum Gasteiger partial charge on any atom is -0.464 e. The lowest BCUT2D eigenvalue weighted by atomic mass is 10.2. The molecule has 0 unspecified atom stereocenters. The molecule has 1 aromatic rings. The molecule has 1 saturated heterocycles. The van der Waals surface area contributed by atoms with E-state index in [1.807, 2.05) is 36.4 Å². The molecule has 4 nitrogen and oxygen atoms in total. The monoisotopic (exact) mass is 295 g/mol. The largest absolute Gasteiger partial charge is 0.813 e. The lowest BCUT2D eigenvalue weighted by Crippen LogP contribution is -2.39. The minimum absolute atomic E-state index is 0.0363. The van der Waals surface area contributed by atoms with Crippen LogP contribution in [0.4, 0.5) is 0 Å². The second kappa shape index (κ2) is 7.69. The molecule has 0 radical (unpaired) electrons. The molecule has 0 saturated carbocycles. The van der Waals surface area contributed by atoms with Crippen LogP contribution in [0.5, 0.6) is 0 Å². The van der Waals surface area contributed by atoms with Crippen LogP contribution in [0.25, 0.3) is 6.08 Å². The van der Waals surface area contributed by atoms with Gasteiger partial charge in [-0.05, 0) is 11.6 Å². The van der Waals surface area contributed by atoms with Crippen LogP contribution in [0.1, 0.15) is 5.56 Å². The van der Waals surface area contributed by atoms with Gasteiger partial charge in [0, 0.05) is 32.4 Å². The maximum atomic E-state index is 12.0. The molecule has 6 heteroatoms. The van der Waals surface area contributed by atoms with Crippen LogP contribution in [-0.4, -0.2) is 51.0 Å². The fourth-order valence-corrected chi connectivity index (χ4v) is 2.94. The molecule has 19 heavy (non-hydrogen) atoms. The summed E-state index contributed by atoms with van der Waals surface area (Å²) in [5.74, 6) is -0.0363. The van der Waals surface area contributed by atoms with Gasteiger partial charge in [-0.15, -0.1) is 0 Å². The van der Waals surface area contributed by atoms with E-state index in [2.05, 4.69) is 0 Å². The molecule has 1 amide bonds. The van der Waals surface area contributed by atoms with Crippen LogP contribution in [0.3, 0.4) is 0 Å². The van der Waals surface area contributed by atoms with E-state index in [0.717, 1.165) is 5.56 Å². The van der Waals surface area contributed by atoms with Crippen molar-refractivity contribution in [3.05, 3.63) is 42.0 Å². The second-order valence-electron chi connectivity index (χ2n) is 4.09. The van der Waals surface area contributed by atoms with Gasteiger partial charge < -0.3 is 12.5 Å². The Bertz CT molecular complexity index is 431. The van der Waals surface area contributed by atoms with Crippen molar-refractivity contribution < 1.29 is 12.4 Å². The Morgan fingerprint density at radius 1 is 1.21 bits per heavy atom. The molecule has 2 rings (SSSR count). The maximum Gasteiger partial charge on any atom is 0.813 e. The van der Waals surface area contributed by atoms with Crippen LogP contribution in [0, 0.1) is 0 Å². The number of halogens is 1. The van der Waals surface area contributed by atoms with Crippen molar-refractivity contribution in [1.29, 1.82) is 0 Å². The fraction of sp³-hybridized carbons (Fsp3) is 0.308. The highest BCUT2D eigenvalue weighted by molar-refractivity contribution is 6.99. The zero-order chi connectivity index (χ0) is 13.5. The highest BCUT2D eigenvalue weighted by Crippen LogP contribution is 2.05. The van der Waals surface area contributed by atoms with Crippen LogP contribution >= 0.6 is 10.0 Å². The predicted octanol–water partition coefficient (Wildman–Crippen LogP) is 1.80. The molecular weight excluding hydrogens is 281 g/mol. The van der Waals surface area contributed by atoms with Gasteiger partial charge in [-0.3, -0.25) is 4.79 Å². The number of hydrogen-bond acceptors (Lipinski definition) is 3. The summed E-state index contributed by atoms with van der Waals surface area (Å²) in [4.78, 5) is 13.7. The van der Waals surface area contributed by atoms with Gasteiger partial charge in [0.1, 0.15) is 0 Å². The molecule has 1 heterocycles. The number of rotatable bonds is 2. The van der Waals surface area contributed by atoms with Crippen molar-refractivity contribution in [2.45, 2.75) is 0 Å². The zero-order valence-electron chi connectivity index (χ0n) is 10.5. The maximum absolute atomic E-state index is 12.0. The number of nitrogens with zero attached hydrogens (tertiary/aromatic N) is 1. The molecule has 1 aliphatic rings. The first-order chi connectivity index (χ1) is 9.25. The Kier molecular flexibility index (Phi) is 5.90. The number of amides is 1. The van der Waals surface area contributed by atoms with Crippen molar-refractivity contribution >= 4 is 35.9 Å². The van der Waals surface area contributed by atoms with Gasteiger partial charge in [-0.2, -0.15) is 10.0 Å². The van der Waals surface area contributed by atoms with E-state index in [1.165, 1.54) is 0 Å². The molecule has 100 valence electrons. The molecular formula is C13H15AlClNO3. The molecule has 0 N–H and O–H groups in total. The van der Waals surface area contributed by atoms with E-state index in [0.29, 0.717) is 26.3 Å². The molecule has 1 aliphatic heterocycles. The Balaban J connectivity index is 1.90. The van der Waals surface area contributed by atoms with Crippen molar-refractivity contribution in [3.8, 4) is 0 Å². The minimum atomic E-state index is -1.98. The van der Waals surface area contributed by atoms with Gasteiger partial charge in [-0.1, -0.05) is 30.3 Å². The number of benzene rings is 1. The van der Waals surface area contributed by atoms with E-state index in [9.17, 15) is 4.79 Å². The van der Waals surface area contributed by atoms with E-state index < -0.39 is 13.9 Å². The fourth-order valence-electron chi connectivity index (χ4n) is 1.73. The topological polar surface area (TPSA) is 38.8 Å². The summed E-state index contributed by atoms with van der Waals surface area (Å²) in [6, 6.07) is 9.72. The summed E-state index contributed by atoms with van der Waals surface area (Å²) in [5.41, 5.74) is 1.00. The number of carbonyl (C=O) groups is 1. The zero-order valence-corrected chi connectivity index (χ0v) is 12.4. The molecule has 1 aromatic carbocycles. The van der Waals surface area contributed by atoms with Crippen molar-refractivity contribution in [1.82, 2.24) is 4.90 Å². The highest BCUT2D eigenvalue weighted by Gasteiger charge is 2.26. The highest BCUT2D eigenvalue weighted by atomic mass is 35.6. The molecule has 1 fully saturated rings. The van der Waals surface area contributed by atoms with Crippen LogP contribution < -0.4 is 0 Å². The number of hydrogen-bond donors (Lipinski definition) is 0. The Morgan fingerprint density at radius 2 is 1.84 bits per heavy atom. The third-order valence-corrected chi connectivity index (χ3v) is 4.50. The third kappa shape index (κ3) is 4.98. The average molecular weight is 296 g/mol. The van der Waals surface area contributed by atoms with E-state index in [-0.39, 0.29) is 5.91 Å². The van der Waals surface area contributed by atoms with Gasteiger partial charge in [0.05, 0.1) is 0 Å². The molecule has 0 aromatic heterocycles. The van der Waals surface area contributed by atoms with Gasteiger partial charge in [0.2, 0.25) is 5.91 Å². The first-order valence-electron chi connectivity index (χ1n) is 6.15. The summed E-state index contributed by atoms with van der Waals surface area (Å²) in [6.45, 7) is 1.98. The van der Waals surface area contributed by atoms with Gasteiger partial charge >= 0.3 is 13.9 Å². The van der Waals surface area contributed by atoms with E-state index in [1.54, 1.807) is 11.0 Å². The summed E-state index contributed by atoms with van der Waals surface area (Å²) < 4.78 is 10.6. The Hall–Kier alpha value is -0.828. The van der Waals surface area contributed by atoms with Crippen LogP contribution in [-0.2, 0) is 12.4 Å². The first kappa shape index (κ1) is 14.6. The smallest absolute Gasteiger partial charge is 0.464 e. The van der Waals surface area contributed by atoms with Crippen LogP contribution in [0.2, 0.25) is 0 Å². The molecule has 0 aliphatic carbocycles. The summed E-state index contributed by atoms with van der Waals surface area (Å²) in [7, 11) is 5.84. The number of carbonyl (C=O) groups excluding carboxylic acids is 1. The van der Waals surface area contributed by atoms with Gasteiger partial charge in [0.15, 0.2) is 0 Å². The molecule has 0 bridgehead atoms. The van der Waals surface area contributed by atoms with Crippen molar-refractivity contribution in [2.24, 2.45) is 0 Å². The van der Waals surface area contributed by atoms with Gasteiger partial charge in [-0.25, -0.2) is 0 Å². The lowest BCUT2D eigenvalue weighted by Gasteiger charge is -2.24. The van der Waals surface area contributed by atoms with E-state index in [4.69, 9.17) is 17.6 Å². The Morgan fingerprint density at radius 3 is 2.47 bits per heavy atom. The van der Waals surface area contributed by atoms with Crippen molar-refractivity contribution in [3.63, 3.8) is 0 Å². The summed E-state index contributed by atoms with van der Waals surface area (Å²) >= 11 is -1.98. The predicted molar refractivity (Wildman–Crippen MR) is 75.6 cm³/mol. The molecule has 0 spiro atoms. The van der Waals surface area contributed by atoms with Crippen LogP contribution in [0.15, 0.2) is 36.4 Å². The average Bonchev–Trinajstić information content (AvgIpc) is 2.41. The second-order valence-corrected chi connectivity index (χ2v) is 6.37. The molecule has 0 atom stereocenters. The van der Waals surface area contributed by atoms with Crippen molar-refractivity contribution in [2.75, 3.05) is 26.3 Å². The third-order valence-electron chi connectivity index (χ3n) is 2.75. The van der Waals surface area contributed by atoms with E-state index >= 15 is 0 Å². The SMILES string of the molecule is O=C(/C=C/c1ccccc1)N1CC[O][Al]([Cl])[O]CC1. The Labute approximate surface area is 121 Å². The lowest BCUT2D eigenvalue weighted by molar-refractivity contribution is -0.127. The first-order valence-corrected chi connectivity index (χ1v) is 8.84. The normalized spacial score (nSPS) is 17.3. The summed E-state index contributed by atoms with van der Waals surface area (Å²) in [5, 5.41) is 0. The van der Waals surface area contributed by atoms with Gasteiger partial charge in [0.25, 0.3) is 0 Å².